The molecule has 17 heavy (non-hydrogen) atoms. The number of hydrogen-bond donors (Lipinski definition) is 1. The van der Waals surface area contributed by atoms with Gasteiger partial charge in [-0.15, -0.1) is 21.5 Å². The van der Waals surface area contributed by atoms with Crippen molar-refractivity contribution in [2.45, 2.75) is 0 Å². The summed E-state index contributed by atoms with van der Waals surface area (Å²) >= 11 is 1.37. The zero-order chi connectivity index (χ0) is 11.7. The van der Waals surface area contributed by atoms with Gasteiger partial charge in [0, 0.05) is 11.6 Å². The van der Waals surface area contributed by atoms with Crippen LogP contribution in [0.15, 0.2) is 35.3 Å². The molecular weight excluding hydrogens is 238 g/mol. The summed E-state index contributed by atoms with van der Waals surface area (Å²) in [6.07, 6.45) is 1.78. The first-order valence-corrected chi connectivity index (χ1v) is 5.78. The monoisotopic (exact) mass is 245 g/mol. The Hall–Kier alpha value is -2.28. The fourth-order valence-electron chi connectivity index (χ4n) is 1.42. The van der Waals surface area contributed by atoms with E-state index in [1.54, 1.807) is 21.5 Å². The molecule has 3 rings (SSSR count). The van der Waals surface area contributed by atoms with E-state index < -0.39 is 0 Å². The molecule has 0 bridgehead atoms. The molecule has 0 aliphatic carbocycles. The zero-order valence-corrected chi connectivity index (χ0v) is 9.39. The Morgan fingerprint density at radius 3 is 3.12 bits per heavy atom. The van der Waals surface area contributed by atoms with Crippen LogP contribution in [0.5, 0.6) is 0 Å². The largest absolute Gasteiger partial charge is 0.289 e. The second kappa shape index (κ2) is 3.95. The number of pyridine rings is 1. The molecule has 0 fully saturated rings. The second-order valence-electron chi connectivity index (χ2n) is 3.28. The minimum atomic E-state index is -0.288. The third-order valence-electron chi connectivity index (χ3n) is 2.20. The van der Waals surface area contributed by atoms with Gasteiger partial charge < -0.3 is 0 Å². The highest BCUT2D eigenvalue weighted by Crippen LogP contribution is 2.09. The highest BCUT2D eigenvalue weighted by molar-refractivity contribution is 7.07. The van der Waals surface area contributed by atoms with Crippen LogP contribution in [0.1, 0.15) is 10.5 Å². The molecule has 3 heterocycles. The van der Waals surface area contributed by atoms with E-state index in [0.29, 0.717) is 17.3 Å². The number of carbonyl (C=O) groups excluding carboxylic acids is 1. The predicted octanol–water partition coefficient (Wildman–Crippen LogP) is 1.44. The second-order valence-corrected chi connectivity index (χ2v) is 4.00. The van der Waals surface area contributed by atoms with Crippen LogP contribution < -0.4 is 5.32 Å². The zero-order valence-electron chi connectivity index (χ0n) is 8.57. The Labute approximate surface area is 100.0 Å². The summed E-state index contributed by atoms with van der Waals surface area (Å²) in [7, 11) is 0. The number of rotatable bonds is 2. The van der Waals surface area contributed by atoms with Gasteiger partial charge >= 0.3 is 0 Å². The molecule has 1 N–H and O–H groups in total. The number of amides is 1. The number of nitrogens with zero attached hydrogens (tertiary/aromatic N) is 4. The van der Waals surface area contributed by atoms with Gasteiger partial charge in [0.25, 0.3) is 5.91 Å². The summed E-state index contributed by atoms with van der Waals surface area (Å²) in [4.78, 5) is 15.7. The molecule has 0 saturated carbocycles. The molecule has 7 heteroatoms. The fourth-order valence-corrected chi connectivity index (χ4v) is 1.95. The van der Waals surface area contributed by atoms with Gasteiger partial charge in [-0.05, 0) is 12.1 Å². The summed E-state index contributed by atoms with van der Waals surface area (Å²) < 4.78 is 1.70. The average molecular weight is 245 g/mol. The maximum Gasteiger partial charge on any atom is 0.277 e. The van der Waals surface area contributed by atoms with E-state index in [-0.39, 0.29) is 5.91 Å². The standard InChI is InChI=1S/C10H7N5OS/c16-9(7-5-17-6-11-7)12-10-14-13-8-3-1-2-4-15(8)10/h1-6H,(H,12,14,16). The van der Waals surface area contributed by atoms with E-state index in [1.807, 2.05) is 18.2 Å². The molecule has 0 aliphatic heterocycles. The SMILES string of the molecule is O=C(Nc1nnc2ccccn12)c1cscn1. The number of carbonyl (C=O) groups is 1. The summed E-state index contributed by atoms with van der Waals surface area (Å²) in [6, 6.07) is 5.51. The normalized spacial score (nSPS) is 10.6. The van der Waals surface area contributed by atoms with Crippen LogP contribution in [0.3, 0.4) is 0 Å². The molecule has 0 unspecified atom stereocenters. The van der Waals surface area contributed by atoms with Crippen LogP contribution in [0.25, 0.3) is 5.65 Å². The summed E-state index contributed by atoms with van der Waals surface area (Å²) in [5.74, 6) is 0.100. The van der Waals surface area contributed by atoms with E-state index in [2.05, 4.69) is 20.5 Å². The smallest absolute Gasteiger partial charge is 0.277 e. The molecule has 0 atom stereocenters. The minimum Gasteiger partial charge on any atom is -0.289 e. The van der Waals surface area contributed by atoms with E-state index in [9.17, 15) is 4.79 Å². The number of nitrogens with one attached hydrogen (secondary N) is 1. The van der Waals surface area contributed by atoms with Gasteiger partial charge in [-0.3, -0.25) is 14.5 Å². The van der Waals surface area contributed by atoms with Crippen molar-refractivity contribution in [3.63, 3.8) is 0 Å². The van der Waals surface area contributed by atoms with Crippen LogP contribution in [0.2, 0.25) is 0 Å². The van der Waals surface area contributed by atoms with Gasteiger partial charge in [0.2, 0.25) is 5.95 Å². The molecule has 0 saturated heterocycles. The van der Waals surface area contributed by atoms with Gasteiger partial charge in [0.1, 0.15) is 5.69 Å². The quantitative estimate of drug-likeness (QED) is 0.741. The van der Waals surface area contributed by atoms with E-state index in [4.69, 9.17) is 0 Å². The van der Waals surface area contributed by atoms with Crippen LogP contribution in [-0.2, 0) is 0 Å². The van der Waals surface area contributed by atoms with Crippen molar-refractivity contribution in [3.05, 3.63) is 41.0 Å². The maximum absolute atomic E-state index is 11.8. The first kappa shape index (κ1) is 9.91. The highest BCUT2D eigenvalue weighted by atomic mass is 32.1. The molecule has 3 aromatic heterocycles. The van der Waals surface area contributed by atoms with Crippen molar-refractivity contribution in [1.82, 2.24) is 19.6 Å². The van der Waals surface area contributed by atoms with Crippen molar-refractivity contribution in [1.29, 1.82) is 0 Å². The Bertz CT molecular complexity index is 660. The molecule has 0 spiro atoms. The van der Waals surface area contributed by atoms with Crippen LogP contribution in [0.4, 0.5) is 5.95 Å². The Morgan fingerprint density at radius 1 is 1.35 bits per heavy atom. The van der Waals surface area contributed by atoms with Crippen molar-refractivity contribution in [2.75, 3.05) is 5.32 Å². The first-order valence-electron chi connectivity index (χ1n) is 4.84. The van der Waals surface area contributed by atoms with Crippen molar-refractivity contribution in [2.24, 2.45) is 0 Å². The Kier molecular flexibility index (Phi) is 2.30. The molecule has 84 valence electrons. The molecular formula is C10H7N5OS. The summed E-state index contributed by atoms with van der Waals surface area (Å²) in [5.41, 5.74) is 2.67. The molecule has 0 aromatic carbocycles. The van der Waals surface area contributed by atoms with Crippen molar-refractivity contribution >= 4 is 28.8 Å². The third-order valence-corrected chi connectivity index (χ3v) is 2.79. The third kappa shape index (κ3) is 1.76. The Balaban J connectivity index is 1.93. The molecule has 0 aliphatic rings. The van der Waals surface area contributed by atoms with Gasteiger partial charge in [-0.2, -0.15) is 0 Å². The van der Waals surface area contributed by atoms with Crippen LogP contribution in [0, 0.1) is 0 Å². The number of hydrogen-bond acceptors (Lipinski definition) is 5. The summed E-state index contributed by atoms with van der Waals surface area (Å²) in [6.45, 7) is 0. The van der Waals surface area contributed by atoms with Gasteiger partial charge in [-0.25, -0.2) is 4.98 Å². The number of thiazole rings is 1. The lowest BCUT2D eigenvalue weighted by Crippen LogP contribution is -2.14. The molecule has 1 amide bonds. The van der Waals surface area contributed by atoms with Gasteiger partial charge in [-0.1, -0.05) is 6.07 Å². The minimum absolute atomic E-state index is 0.288. The van der Waals surface area contributed by atoms with Crippen LogP contribution in [-0.4, -0.2) is 25.5 Å². The molecule has 6 nitrogen and oxygen atoms in total. The average Bonchev–Trinajstić information content (AvgIpc) is 2.98. The number of anilines is 1. The van der Waals surface area contributed by atoms with Crippen LogP contribution >= 0.6 is 11.3 Å². The highest BCUT2D eigenvalue weighted by Gasteiger charge is 2.11. The van der Waals surface area contributed by atoms with Crippen molar-refractivity contribution in [3.8, 4) is 0 Å². The lowest BCUT2D eigenvalue weighted by atomic mass is 10.4. The predicted molar refractivity (Wildman–Crippen MR) is 63.1 cm³/mol. The maximum atomic E-state index is 11.8. The summed E-state index contributed by atoms with van der Waals surface area (Å²) in [5, 5.41) is 12.2. The van der Waals surface area contributed by atoms with Gasteiger partial charge in [0.15, 0.2) is 5.65 Å². The number of fused-ring (bicyclic) bond motifs is 1. The van der Waals surface area contributed by atoms with E-state index in [1.165, 1.54) is 11.3 Å². The lowest BCUT2D eigenvalue weighted by Gasteiger charge is -2.00. The van der Waals surface area contributed by atoms with E-state index >= 15 is 0 Å². The van der Waals surface area contributed by atoms with Crippen molar-refractivity contribution < 1.29 is 4.79 Å². The Morgan fingerprint density at radius 2 is 2.29 bits per heavy atom. The lowest BCUT2D eigenvalue weighted by molar-refractivity contribution is 0.102. The molecule has 3 aromatic rings. The fraction of sp³-hybridized carbons (Fsp3) is 0. The van der Waals surface area contributed by atoms with E-state index in [0.717, 1.165) is 0 Å². The topological polar surface area (TPSA) is 72.2 Å². The number of aromatic nitrogens is 4. The van der Waals surface area contributed by atoms with Gasteiger partial charge in [0.05, 0.1) is 5.51 Å². The molecule has 0 radical (unpaired) electrons. The first-order chi connectivity index (χ1) is 8.34.